The lowest BCUT2D eigenvalue weighted by molar-refractivity contribution is 0.373. The van der Waals surface area contributed by atoms with Crippen molar-refractivity contribution >= 4 is 0 Å². The lowest BCUT2D eigenvalue weighted by Gasteiger charge is -2.14. The van der Waals surface area contributed by atoms with Crippen LogP contribution in [0.2, 0.25) is 0 Å². The van der Waals surface area contributed by atoms with E-state index in [9.17, 15) is 0 Å². The first-order valence-electron chi connectivity index (χ1n) is 7.57. The van der Waals surface area contributed by atoms with E-state index in [-0.39, 0.29) is 0 Å². The van der Waals surface area contributed by atoms with Crippen LogP contribution in [0.4, 0.5) is 0 Å². The molecule has 96 valence electrons. The lowest BCUT2D eigenvalue weighted by Crippen LogP contribution is -2.03. The molecule has 0 radical (unpaired) electrons. The fraction of sp³-hybridized carbons (Fsp3) is 1.00. The third-order valence-corrected chi connectivity index (χ3v) is 5.07. The number of rotatable bonds is 8. The van der Waals surface area contributed by atoms with E-state index in [4.69, 9.17) is 0 Å². The van der Waals surface area contributed by atoms with Crippen LogP contribution in [0.3, 0.4) is 0 Å². The first kappa shape index (κ1) is 14.1. The summed E-state index contributed by atoms with van der Waals surface area (Å²) in [5, 5.41) is 0. The van der Waals surface area contributed by atoms with Crippen molar-refractivity contribution in [3.05, 3.63) is 0 Å². The van der Waals surface area contributed by atoms with Gasteiger partial charge in [-0.15, -0.1) is 0 Å². The Balaban J connectivity index is 1.93. The van der Waals surface area contributed by atoms with E-state index in [1.54, 1.807) is 0 Å². The van der Waals surface area contributed by atoms with Crippen molar-refractivity contribution in [2.75, 3.05) is 0 Å². The maximum absolute atomic E-state index is 2.44. The molecule has 0 heterocycles. The summed E-state index contributed by atoms with van der Waals surface area (Å²) >= 11 is 0. The Kier molecular flexibility index (Phi) is 5.86. The SMILES string of the molecule is CCC1C(C)C1CCCCCC(C)C(C)C. The minimum Gasteiger partial charge on any atom is -0.0651 e. The summed E-state index contributed by atoms with van der Waals surface area (Å²) in [5.41, 5.74) is 0. The third kappa shape index (κ3) is 4.11. The Morgan fingerprint density at radius 3 is 2.12 bits per heavy atom. The molecule has 0 nitrogen and oxygen atoms in total. The highest BCUT2D eigenvalue weighted by molar-refractivity contribution is 4.92. The first-order chi connectivity index (χ1) is 7.57. The highest BCUT2D eigenvalue weighted by Gasteiger charge is 2.43. The maximum Gasteiger partial charge on any atom is -0.0355 e. The van der Waals surface area contributed by atoms with Crippen LogP contribution in [0, 0.1) is 29.6 Å². The molecule has 1 aliphatic rings. The molecule has 1 fully saturated rings. The topological polar surface area (TPSA) is 0 Å². The number of unbranched alkanes of at least 4 members (excludes halogenated alkanes) is 2. The molecule has 1 rings (SSSR count). The number of hydrogen-bond donors (Lipinski definition) is 0. The minimum absolute atomic E-state index is 0.868. The third-order valence-electron chi connectivity index (χ3n) is 5.07. The van der Waals surface area contributed by atoms with Gasteiger partial charge in [-0.25, -0.2) is 0 Å². The molecule has 0 heteroatoms. The average molecular weight is 224 g/mol. The highest BCUT2D eigenvalue weighted by Crippen LogP contribution is 2.50. The quantitative estimate of drug-likeness (QED) is 0.476. The molecule has 0 aromatic rings. The predicted octanol–water partition coefficient (Wildman–Crippen LogP) is 5.52. The Bertz CT molecular complexity index is 182. The van der Waals surface area contributed by atoms with Gasteiger partial charge in [-0.05, 0) is 36.0 Å². The van der Waals surface area contributed by atoms with Gasteiger partial charge in [0.15, 0.2) is 0 Å². The zero-order chi connectivity index (χ0) is 12.1. The van der Waals surface area contributed by atoms with Gasteiger partial charge >= 0.3 is 0 Å². The fourth-order valence-corrected chi connectivity index (χ4v) is 3.14. The molecular formula is C16H32. The van der Waals surface area contributed by atoms with Crippen molar-refractivity contribution < 1.29 is 0 Å². The van der Waals surface area contributed by atoms with Gasteiger partial charge in [0.25, 0.3) is 0 Å². The molecule has 4 unspecified atom stereocenters. The second-order valence-corrected chi connectivity index (χ2v) is 6.45. The van der Waals surface area contributed by atoms with Crippen LogP contribution in [0.25, 0.3) is 0 Å². The Morgan fingerprint density at radius 2 is 1.62 bits per heavy atom. The van der Waals surface area contributed by atoms with Crippen molar-refractivity contribution in [2.24, 2.45) is 29.6 Å². The summed E-state index contributed by atoms with van der Waals surface area (Å²) in [4.78, 5) is 0. The van der Waals surface area contributed by atoms with Gasteiger partial charge in [0, 0.05) is 0 Å². The Labute approximate surface area is 103 Å². The average Bonchev–Trinajstić information content (AvgIpc) is 2.87. The summed E-state index contributed by atoms with van der Waals surface area (Å²) in [6, 6.07) is 0. The van der Waals surface area contributed by atoms with Crippen molar-refractivity contribution in [3.8, 4) is 0 Å². The smallest absolute Gasteiger partial charge is 0.0355 e. The van der Waals surface area contributed by atoms with E-state index in [1.165, 1.54) is 38.5 Å². The molecule has 4 atom stereocenters. The van der Waals surface area contributed by atoms with Crippen molar-refractivity contribution in [2.45, 2.75) is 73.1 Å². The number of hydrogen-bond acceptors (Lipinski definition) is 0. The Hall–Kier alpha value is 0. The van der Waals surface area contributed by atoms with Crippen LogP contribution in [-0.4, -0.2) is 0 Å². The summed E-state index contributed by atoms with van der Waals surface area (Å²) in [5.74, 6) is 5.00. The molecule has 0 bridgehead atoms. The first-order valence-corrected chi connectivity index (χ1v) is 7.57. The summed E-state index contributed by atoms with van der Waals surface area (Å²) in [6.07, 6.45) is 8.77. The largest absolute Gasteiger partial charge is 0.0651 e. The van der Waals surface area contributed by atoms with Gasteiger partial charge in [-0.2, -0.15) is 0 Å². The van der Waals surface area contributed by atoms with Crippen LogP contribution in [-0.2, 0) is 0 Å². The summed E-state index contributed by atoms with van der Waals surface area (Å²) in [6.45, 7) is 11.9. The minimum atomic E-state index is 0.868. The Morgan fingerprint density at radius 1 is 0.938 bits per heavy atom. The van der Waals surface area contributed by atoms with Gasteiger partial charge in [-0.3, -0.25) is 0 Å². The molecule has 1 aliphatic carbocycles. The van der Waals surface area contributed by atoms with E-state index in [0.717, 1.165) is 29.6 Å². The molecule has 0 aliphatic heterocycles. The van der Waals surface area contributed by atoms with Crippen LogP contribution in [0.1, 0.15) is 73.1 Å². The fourth-order valence-electron chi connectivity index (χ4n) is 3.14. The molecule has 0 aromatic heterocycles. The van der Waals surface area contributed by atoms with Crippen LogP contribution in [0.15, 0.2) is 0 Å². The van der Waals surface area contributed by atoms with Crippen molar-refractivity contribution in [1.29, 1.82) is 0 Å². The molecule has 16 heavy (non-hydrogen) atoms. The van der Waals surface area contributed by atoms with E-state index in [2.05, 4.69) is 34.6 Å². The van der Waals surface area contributed by atoms with Crippen molar-refractivity contribution in [3.63, 3.8) is 0 Å². The van der Waals surface area contributed by atoms with Crippen molar-refractivity contribution in [1.82, 2.24) is 0 Å². The molecular weight excluding hydrogens is 192 g/mol. The highest BCUT2D eigenvalue weighted by atomic mass is 14.5. The second kappa shape index (κ2) is 6.67. The predicted molar refractivity (Wildman–Crippen MR) is 73.5 cm³/mol. The molecule has 0 N–H and O–H groups in total. The maximum atomic E-state index is 2.44. The van der Waals surface area contributed by atoms with Gasteiger partial charge in [0.05, 0.1) is 0 Å². The molecule has 1 saturated carbocycles. The van der Waals surface area contributed by atoms with E-state index >= 15 is 0 Å². The zero-order valence-electron chi connectivity index (χ0n) is 12.1. The molecule has 0 amide bonds. The van der Waals surface area contributed by atoms with Crippen LogP contribution in [0.5, 0.6) is 0 Å². The monoisotopic (exact) mass is 224 g/mol. The molecule has 0 aromatic carbocycles. The molecule has 0 spiro atoms. The van der Waals surface area contributed by atoms with Gasteiger partial charge < -0.3 is 0 Å². The zero-order valence-corrected chi connectivity index (χ0v) is 12.1. The van der Waals surface area contributed by atoms with Gasteiger partial charge in [0.2, 0.25) is 0 Å². The van der Waals surface area contributed by atoms with Gasteiger partial charge in [0.1, 0.15) is 0 Å². The second-order valence-electron chi connectivity index (χ2n) is 6.45. The lowest BCUT2D eigenvalue weighted by atomic mass is 9.92. The molecule has 0 saturated heterocycles. The van der Waals surface area contributed by atoms with Crippen LogP contribution < -0.4 is 0 Å². The van der Waals surface area contributed by atoms with Gasteiger partial charge in [-0.1, -0.05) is 66.7 Å². The summed E-state index contributed by atoms with van der Waals surface area (Å²) < 4.78 is 0. The standard InChI is InChI=1S/C16H32/c1-6-15-14(5)16(15)11-9-7-8-10-13(4)12(2)3/h12-16H,6-11H2,1-5H3. The normalized spacial score (nSPS) is 30.8. The van der Waals surface area contributed by atoms with Crippen LogP contribution >= 0.6 is 0 Å². The summed E-state index contributed by atoms with van der Waals surface area (Å²) in [7, 11) is 0. The van der Waals surface area contributed by atoms with E-state index < -0.39 is 0 Å². The van der Waals surface area contributed by atoms with E-state index in [1.807, 2.05) is 0 Å². The van der Waals surface area contributed by atoms with E-state index in [0.29, 0.717) is 0 Å².